The summed E-state index contributed by atoms with van der Waals surface area (Å²) in [6.07, 6.45) is 0.589. The summed E-state index contributed by atoms with van der Waals surface area (Å²) < 4.78 is 34.1. The molecule has 0 saturated heterocycles. The second-order valence-corrected chi connectivity index (χ2v) is 10.6. The van der Waals surface area contributed by atoms with Crippen LogP contribution in [0.4, 0.5) is 0 Å². The maximum absolute atomic E-state index is 12.1. The van der Waals surface area contributed by atoms with E-state index in [0.717, 1.165) is 16.7 Å². The minimum atomic E-state index is -4.28. The molecule has 0 heterocycles. The Kier molecular flexibility index (Phi) is 5.66. The number of rotatable bonds is 6. The zero-order chi connectivity index (χ0) is 18.6. The second kappa shape index (κ2) is 7.95. The smallest absolute Gasteiger partial charge is 0.452 e. The van der Waals surface area contributed by atoms with Gasteiger partial charge in [0.2, 0.25) is 0 Å². The molecule has 0 bridgehead atoms. The van der Waals surface area contributed by atoms with Gasteiger partial charge in [-0.2, -0.15) is 0 Å². The van der Waals surface area contributed by atoms with Crippen LogP contribution >= 0.6 is 0 Å². The first kappa shape index (κ1) is 18.5. The van der Waals surface area contributed by atoms with Gasteiger partial charge in [0.15, 0.2) is 20.6 Å². The summed E-state index contributed by atoms with van der Waals surface area (Å²) in [4.78, 5) is 0.618. The maximum Gasteiger partial charge on any atom is 0.452 e. The Morgan fingerprint density at radius 2 is 1.38 bits per heavy atom. The lowest BCUT2D eigenvalue weighted by atomic mass is 10.1. The lowest BCUT2D eigenvalue weighted by Gasteiger charge is -2.10. The van der Waals surface area contributed by atoms with Gasteiger partial charge in [-0.25, -0.2) is 4.55 Å². The minimum Gasteiger partial charge on any atom is -0.508 e. The normalized spacial score (nSPS) is 12.7. The number of aromatic hydroxyl groups is 1. The molecule has 3 aromatic carbocycles. The largest absolute Gasteiger partial charge is 0.508 e. The molecule has 0 spiro atoms. The van der Waals surface area contributed by atoms with E-state index in [2.05, 4.69) is 0 Å². The van der Waals surface area contributed by atoms with Crippen molar-refractivity contribution in [3.05, 3.63) is 95.6 Å². The van der Waals surface area contributed by atoms with E-state index in [0.29, 0.717) is 11.3 Å². The van der Waals surface area contributed by atoms with Crippen LogP contribution in [0, 0.1) is 0 Å². The van der Waals surface area contributed by atoms with Gasteiger partial charge in [-0.1, -0.05) is 60.7 Å². The Morgan fingerprint density at radius 1 is 0.769 bits per heavy atom. The molecule has 0 fully saturated rings. The molecule has 3 rings (SSSR count). The molecule has 0 aliphatic heterocycles. The molecule has 0 aromatic heterocycles. The van der Waals surface area contributed by atoms with Gasteiger partial charge in [-0.15, -0.1) is 8.42 Å². The van der Waals surface area contributed by atoms with Gasteiger partial charge in [0, 0.05) is 17.5 Å². The van der Waals surface area contributed by atoms with E-state index in [1.165, 1.54) is 12.1 Å². The Morgan fingerprint density at radius 3 is 2.04 bits per heavy atom. The summed E-state index contributed by atoms with van der Waals surface area (Å²) in [6.45, 7) is 0. The van der Waals surface area contributed by atoms with Crippen molar-refractivity contribution in [1.29, 1.82) is 0 Å². The van der Waals surface area contributed by atoms with Crippen LogP contribution in [0.1, 0.15) is 16.7 Å². The van der Waals surface area contributed by atoms with Gasteiger partial charge in [0.1, 0.15) is 5.75 Å². The number of hydrogen-bond acceptors (Lipinski definition) is 3. The summed E-state index contributed by atoms with van der Waals surface area (Å²) in [5, 5.41) is 9.41. The van der Waals surface area contributed by atoms with Crippen LogP contribution in [-0.2, 0) is 31.3 Å². The van der Waals surface area contributed by atoms with Crippen LogP contribution in [0.2, 0.25) is 0 Å². The quantitative estimate of drug-likeness (QED) is 0.381. The standard InChI is InChI=1S/C20H18O4S2/c21-19-12-10-17(11-13-19)15-25(26(22,23)24)20-9-5-4-8-18(20)14-16-6-2-1-3-7-16/h1-13H,14-15H2,(H-,21,22,23,24)/p+1. The second-order valence-electron chi connectivity index (χ2n) is 5.85. The first-order valence-corrected chi connectivity index (χ1v) is 11.4. The van der Waals surface area contributed by atoms with Crippen molar-refractivity contribution in [1.82, 2.24) is 0 Å². The predicted octanol–water partition coefficient (Wildman–Crippen LogP) is 3.96. The van der Waals surface area contributed by atoms with Crippen molar-refractivity contribution in [2.75, 3.05) is 0 Å². The zero-order valence-corrected chi connectivity index (χ0v) is 15.6. The van der Waals surface area contributed by atoms with E-state index in [1.54, 1.807) is 24.3 Å². The van der Waals surface area contributed by atoms with E-state index in [-0.39, 0.29) is 11.5 Å². The molecule has 1 atom stereocenters. The number of phenolic OH excluding ortho intramolecular Hbond substituents is 1. The van der Waals surface area contributed by atoms with Crippen LogP contribution in [-0.4, -0.2) is 18.1 Å². The highest BCUT2D eigenvalue weighted by atomic mass is 33.2. The van der Waals surface area contributed by atoms with Crippen LogP contribution in [0.5, 0.6) is 5.75 Å². The Bertz CT molecular complexity index is 968. The molecule has 0 aliphatic carbocycles. The first-order valence-electron chi connectivity index (χ1n) is 8.02. The lowest BCUT2D eigenvalue weighted by Crippen LogP contribution is -2.19. The highest BCUT2D eigenvalue weighted by Crippen LogP contribution is 2.29. The Balaban J connectivity index is 1.98. The number of phenols is 1. The van der Waals surface area contributed by atoms with E-state index >= 15 is 0 Å². The zero-order valence-electron chi connectivity index (χ0n) is 13.9. The van der Waals surface area contributed by atoms with Gasteiger partial charge < -0.3 is 5.11 Å². The molecule has 2 N–H and O–H groups in total. The van der Waals surface area contributed by atoms with E-state index in [4.69, 9.17) is 0 Å². The van der Waals surface area contributed by atoms with Crippen LogP contribution in [0.15, 0.2) is 83.8 Å². The fourth-order valence-electron chi connectivity index (χ4n) is 2.70. The van der Waals surface area contributed by atoms with Gasteiger partial charge >= 0.3 is 9.15 Å². The highest BCUT2D eigenvalue weighted by Gasteiger charge is 2.38. The van der Waals surface area contributed by atoms with E-state index in [1.807, 2.05) is 42.5 Å². The molecule has 0 amide bonds. The van der Waals surface area contributed by atoms with Gasteiger partial charge in [0.05, 0.1) is 0 Å². The maximum atomic E-state index is 12.1. The fourth-order valence-corrected chi connectivity index (χ4v) is 6.41. The molecular weight excluding hydrogens is 368 g/mol. The molecule has 4 nitrogen and oxygen atoms in total. The van der Waals surface area contributed by atoms with Crippen molar-refractivity contribution in [3.8, 4) is 5.75 Å². The molecule has 26 heavy (non-hydrogen) atoms. The lowest BCUT2D eigenvalue weighted by molar-refractivity contribution is 0.475. The van der Waals surface area contributed by atoms with Crippen molar-refractivity contribution in [3.63, 3.8) is 0 Å². The molecule has 134 valence electrons. The number of benzene rings is 3. The van der Waals surface area contributed by atoms with Crippen LogP contribution in [0.3, 0.4) is 0 Å². The minimum absolute atomic E-state index is 0.116. The van der Waals surface area contributed by atoms with E-state index in [9.17, 15) is 18.1 Å². The molecule has 1 unspecified atom stereocenters. The average Bonchev–Trinajstić information content (AvgIpc) is 2.62. The summed E-state index contributed by atoms with van der Waals surface area (Å²) in [5.41, 5.74) is 2.68. The topological polar surface area (TPSA) is 74.6 Å². The van der Waals surface area contributed by atoms with Gasteiger partial charge in [-0.05, 0) is 23.8 Å². The van der Waals surface area contributed by atoms with Crippen molar-refractivity contribution >= 4 is 19.1 Å². The molecular formula is C20H19O4S2+. The molecule has 0 aliphatic rings. The SMILES string of the molecule is O=S(=O)(O)[S+](Cc1ccc(O)cc1)c1ccccc1Cc1ccccc1. The number of hydrogen-bond donors (Lipinski definition) is 2. The predicted molar refractivity (Wildman–Crippen MR) is 105 cm³/mol. The third-order valence-electron chi connectivity index (χ3n) is 3.94. The monoisotopic (exact) mass is 387 g/mol. The molecule has 0 saturated carbocycles. The van der Waals surface area contributed by atoms with Crippen molar-refractivity contribution < 1.29 is 18.1 Å². The Hall–Kier alpha value is -2.28. The summed E-state index contributed by atoms with van der Waals surface area (Å²) in [7, 11) is -5.68. The Labute approximate surface area is 155 Å². The van der Waals surface area contributed by atoms with E-state index < -0.39 is 19.1 Å². The first-order chi connectivity index (χ1) is 12.4. The van der Waals surface area contributed by atoms with Crippen molar-refractivity contribution in [2.24, 2.45) is 0 Å². The molecule has 3 aromatic rings. The average molecular weight is 388 g/mol. The van der Waals surface area contributed by atoms with Gasteiger partial charge in [-0.3, -0.25) is 0 Å². The van der Waals surface area contributed by atoms with Crippen molar-refractivity contribution in [2.45, 2.75) is 17.1 Å². The fraction of sp³-hybridized carbons (Fsp3) is 0.100. The van der Waals surface area contributed by atoms with Crippen LogP contribution < -0.4 is 0 Å². The molecule has 6 heteroatoms. The summed E-state index contributed by atoms with van der Waals surface area (Å²) >= 11 is 0. The summed E-state index contributed by atoms with van der Waals surface area (Å²) in [6, 6.07) is 23.5. The van der Waals surface area contributed by atoms with Crippen LogP contribution in [0.25, 0.3) is 0 Å². The molecule has 0 radical (unpaired) electrons. The third-order valence-corrected chi connectivity index (χ3v) is 8.35. The summed E-state index contributed by atoms with van der Waals surface area (Å²) in [5.74, 6) is 0.273. The third kappa shape index (κ3) is 4.66. The van der Waals surface area contributed by atoms with Gasteiger partial charge in [0.25, 0.3) is 0 Å². The highest BCUT2D eigenvalue weighted by molar-refractivity contribution is 8.67.